The highest BCUT2D eigenvalue weighted by atomic mass is 32.2. The van der Waals surface area contributed by atoms with Crippen molar-refractivity contribution in [1.82, 2.24) is 0 Å². The first-order chi connectivity index (χ1) is 13.5. The van der Waals surface area contributed by atoms with Crippen molar-refractivity contribution in [3.63, 3.8) is 0 Å². The van der Waals surface area contributed by atoms with Crippen molar-refractivity contribution >= 4 is 35.1 Å². The van der Waals surface area contributed by atoms with Crippen LogP contribution in [0.15, 0.2) is 41.3 Å². The van der Waals surface area contributed by atoms with Crippen LogP contribution in [0.3, 0.4) is 0 Å². The van der Waals surface area contributed by atoms with E-state index in [1.54, 1.807) is 24.3 Å². The first-order valence-corrected chi connectivity index (χ1v) is 10.5. The molecule has 0 radical (unpaired) electrons. The summed E-state index contributed by atoms with van der Waals surface area (Å²) in [4.78, 5) is 37.0. The van der Waals surface area contributed by atoms with E-state index in [0.29, 0.717) is 16.8 Å². The number of hydrogen-bond donors (Lipinski definition) is 1. The molecule has 0 aromatic heterocycles. The average Bonchev–Trinajstić information content (AvgIpc) is 2.70. The lowest BCUT2D eigenvalue weighted by molar-refractivity contribution is -0.114. The lowest BCUT2D eigenvalue weighted by atomic mass is 9.90. The minimum absolute atomic E-state index is 0.210. The van der Waals surface area contributed by atoms with Gasteiger partial charge in [0.1, 0.15) is 0 Å². The molecule has 28 heavy (non-hydrogen) atoms. The zero-order chi connectivity index (χ0) is 20.1. The Kier molecular flexibility index (Phi) is 6.52. The smallest absolute Gasteiger partial charge is 0.338 e. The average molecular weight is 397 g/mol. The number of carbonyl (C=O) groups is 3. The lowest BCUT2D eigenvalue weighted by Crippen LogP contribution is -2.16. The molecular weight excluding hydrogens is 374 g/mol. The molecule has 0 spiro atoms. The summed E-state index contributed by atoms with van der Waals surface area (Å²) in [6, 6.07) is 10.7. The normalized spacial score (nSPS) is 12.8. The third-order valence-corrected chi connectivity index (χ3v) is 5.55. The van der Waals surface area contributed by atoms with Crippen molar-refractivity contribution in [1.29, 1.82) is 0 Å². The first kappa shape index (κ1) is 20.1. The number of ether oxygens (including phenoxy) is 1. The quantitative estimate of drug-likeness (QED) is 0.447. The highest BCUT2D eigenvalue weighted by Crippen LogP contribution is 2.27. The number of aryl methyl sites for hydroxylation is 2. The van der Waals surface area contributed by atoms with Gasteiger partial charge in [0.2, 0.25) is 5.91 Å². The topological polar surface area (TPSA) is 72.5 Å². The minimum atomic E-state index is -0.496. The number of rotatable bonds is 6. The summed E-state index contributed by atoms with van der Waals surface area (Å²) < 4.78 is 5.23. The summed E-state index contributed by atoms with van der Waals surface area (Å²) in [5, 5.41) is 2.72. The SMILES string of the molecule is CSc1ccc(C(=O)COC(=O)c2ccc3c(c2)CCCC3)cc1NC(C)=O. The fourth-order valence-corrected chi connectivity index (χ4v) is 3.86. The molecular formula is C22H23NO4S. The van der Waals surface area contributed by atoms with Gasteiger partial charge in [0.15, 0.2) is 12.4 Å². The van der Waals surface area contributed by atoms with E-state index in [-0.39, 0.29) is 18.3 Å². The van der Waals surface area contributed by atoms with Gasteiger partial charge < -0.3 is 10.1 Å². The van der Waals surface area contributed by atoms with Crippen LogP contribution in [0.25, 0.3) is 0 Å². The monoisotopic (exact) mass is 397 g/mol. The molecule has 6 heteroatoms. The van der Waals surface area contributed by atoms with E-state index in [2.05, 4.69) is 5.32 Å². The Hall–Kier alpha value is -2.60. The molecule has 3 rings (SSSR count). The predicted octanol–water partition coefficient (Wildman–Crippen LogP) is 4.29. The second-order valence-electron chi connectivity index (χ2n) is 6.79. The largest absolute Gasteiger partial charge is 0.454 e. The molecule has 0 atom stereocenters. The molecule has 0 heterocycles. The van der Waals surface area contributed by atoms with Gasteiger partial charge >= 0.3 is 5.97 Å². The fraction of sp³-hybridized carbons (Fsp3) is 0.318. The summed E-state index contributed by atoms with van der Waals surface area (Å²) in [5.74, 6) is -1.02. The summed E-state index contributed by atoms with van der Waals surface area (Å²) >= 11 is 1.47. The third-order valence-electron chi connectivity index (χ3n) is 4.75. The van der Waals surface area contributed by atoms with Crippen molar-refractivity contribution in [3.05, 3.63) is 58.7 Å². The maximum atomic E-state index is 12.5. The van der Waals surface area contributed by atoms with Crippen LogP contribution < -0.4 is 5.32 Å². The van der Waals surface area contributed by atoms with Gasteiger partial charge in [-0.1, -0.05) is 12.1 Å². The van der Waals surface area contributed by atoms with E-state index in [9.17, 15) is 14.4 Å². The maximum absolute atomic E-state index is 12.5. The van der Waals surface area contributed by atoms with Gasteiger partial charge in [0.05, 0.1) is 11.3 Å². The number of Topliss-reactive ketones (excluding diaryl/α,β-unsaturated/α-hetero) is 1. The van der Waals surface area contributed by atoms with Gasteiger partial charge in [-0.25, -0.2) is 4.79 Å². The molecule has 0 bridgehead atoms. The Bertz CT molecular complexity index is 923. The van der Waals surface area contributed by atoms with Crippen LogP contribution in [0.2, 0.25) is 0 Å². The third kappa shape index (κ3) is 4.81. The zero-order valence-corrected chi connectivity index (χ0v) is 16.9. The van der Waals surface area contributed by atoms with Crippen molar-refractivity contribution in [3.8, 4) is 0 Å². The highest BCUT2D eigenvalue weighted by molar-refractivity contribution is 7.98. The number of nitrogens with one attached hydrogen (secondary N) is 1. The number of ketones is 1. The molecule has 0 saturated carbocycles. The molecule has 2 aromatic rings. The van der Waals surface area contributed by atoms with Crippen LogP contribution >= 0.6 is 11.8 Å². The van der Waals surface area contributed by atoms with E-state index in [0.717, 1.165) is 24.2 Å². The van der Waals surface area contributed by atoms with Gasteiger partial charge in [-0.2, -0.15) is 0 Å². The Labute approximate surface area is 168 Å². The molecule has 1 amide bonds. The number of benzene rings is 2. The maximum Gasteiger partial charge on any atom is 0.338 e. The Balaban J connectivity index is 1.66. The highest BCUT2D eigenvalue weighted by Gasteiger charge is 2.16. The molecule has 5 nitrogen and oxygen atoms in total. The molecule has 146 valence electrons. The van der Waals surface area contributed by atoms with E-state index < -0.39 is 5.97 Å². The number of esters is 1. The molecule has 1 aliphatic rings. The Morgan fingerprint density at radius 1 is 1.00 bits per heavy atom. The van der Waals surface area contributed by atoms with Crippen LogP contribution in [0.1, 0.15) is 51.6 Å². The van der Waals surface area contributed by atoms with Crippen molar-refractivity contribution in [2.24, 2.45) is 0 Å². The van der Waals surface area contributed by atoms with Crippen LogP contribution in [0.5, 0.6) is 0 Å². The molecule has 2 aromatic carbocycles. The zero-order valence-electron chi connectivity index (χ0n) is 16.0. The first-order valence-electron chi connectivity index (χ1n) is 9.25. The number of thioether (sulfide) groups is 1. The molecule has 0 aliphatic heterocycles. The minimum Gasteiger partial charge on any atom is -0.454 e. The van der Waals surface area contributed by atoms with Crippen LogP contribution in [0.4, 0.5) is 5.69 Å². The number of fused-ring (bicyclic) bond motifs is 1. The van der Waals surface area contributed by atoms with Gasteiger partial charge in [-0.15, -0.1) is 11.8 Å². The van der Waals surface area contributed by atoms with Crippen LogP contribution in [-0.4, -0.2) is 30.5 Å². The summed E-state index contributed by atoms with van der Waals surface area (Å²) in [6.45, 7) is 1.08. The number of amides is 1. The Morgan fingerprint density at radius 3 is 2.43 bits per heavy atom. The summed E-state index contributed by atoms with van der Waals surface area (Å²) in [7, 11) is 0. The van der Waals surface area contributed by atoms with E-state index >= 15 is 0 Å². The summed E-state index contributed by atoms with van der Waals surface area (Å²) in [5.41, 5.74) is 3.93. The molecule has 0 fully saturated rings. The van der Waals surface area contributed by atoms with Crippen molar-refractivity contribution < 1.29 is 19.1 Å². The van der Waals surface area contributed by atoms with E-state index in [4.69, 9.17) is 4.74 Å². The number of hydrogen-bond acceptors (Lipinski definition) is 5. The van der Waals surface area contributed by atoms with E-state index in [1.807, 2.05) is 18.4 Å². The predicted molar refractivity (Wildman–Crippen MR) is 110 cm³/mol. The standard InChI is InChI=1S/C22H23NO4S/c1-14(24)23-19-12-17(9-10-21(19)28-2)20(25)13-27-22(26)18-8-7-15-5-3-4-6-16(15)11-18/h7-12H,3-6,13H2,1-2H3,(H,23,24). The second-order valence-corrected chi connectivity index (χ2v) is 7.63. The second kappa shape index (κ2) is 9.06. The summed E-state index contributed by atoms with van der Waals surface area (Å²) in [6.07, 6.45) is 6.23. The van der Waals surface area contributed by atoms with Crippen LogP contribution in [-0.2, 0) is 22.4 Å². The molecule has 1 N–H and O–H groups in total. The fourth-order valence-electron chi connectivity index (χ4n) is 3.33. The van der Waals surface area contributed by atoms with Crippen molar-refractivity contribution in [2.75, 3.05) is 18.2 Å². The van der Waals surface area contributed by atoms with Crippen molar-refractivity contribution in [2.45, 2.75) is 37.5 Å². The van der Waals surface area contributed by atoms with Gasteiger partial charge in [-0.3, -0.25) is 9.59 Å². The van der Waals surface area contributed by atoms with Crippen LogP contribution in [0, 0.1) is 0 Å². The Morgan fingerprint density at radius 2 is 1.71 bits per heavy atom. The molecule has 0 unspecified atom stereocenters. The number of anilines is 1. The number of carbonyl (C=O) groups excluding carboxylic acids is 3. The van der Waals surface area contributed by atoms with Gasteiger partial charge in [0.25, 0.3) is 0 Å². The lowest BCUT2D eigenvalue weighted by Gasteiger charge is -2.16. The van der Waals surface area contributed by atoms with E-state index in [1.165, 1.54) is 36.2 Å². The molecule has 1 aliphatic carbocycles. The van der Waals surface area contributed by atoms with Gasteiger partial charge in [0, 0.05) is 17.4 Å². The van der Waals surface area contributed by atoms with Gasteiger partial charge in [-0.05, 0) is 67.3 Å². The molecule has 0 saturated heterocycles.